The average molecular weight is 289 g/mol. The van der Waals surface area contributed by atoms with Crippen molar-refractivity contribution in [3.05, 3.63) is 16.1 Å². The van der Waals surface area contributed by atoms with Crippen molar-refractivity contribution < 1.29 is 9.53 Å². The fraction of sp³-hybridized carbons (Fsp3) is 0.636. The van der Waals surface area contributed by atoms with Crippen molar-refractivity contribution in [2.24, 2.45) is 0 Å². The molecular weight excluding hydrogens is 274 g/mol. The van der Waals surface area contributed by atoms with Crippen molar-refractivity contribution in [3.8, 4) is 0 Å². The zero-order valence-corrected chi connectivity index (χ0v) is 12.5. The first-order valence-corrected chi connectivity index (χ1v) is 8.23. The zero-order chi connectivity index (χ0) is 12.4. The van der Waals surface area contributed by atoms with E-state index in [-0.39, 0.29) is 5.97 Å². The molecule has 3 nitrogen and oxygen atoms in total. The van der Waals surface area contributed by atoms with E-state index in [1.54, 1.807) is 6.20 Å². The Balaban J connectivity index is 2.08. The van der Waals surface area contributed by atoms with Crippen molar-refractivity contribution in [3.63, 3.8) is 0 Å². The third-order valence-electron chi connectivity index (χ3n) is 2.74. The number of hydrogen-bond donors (Lipinski definition) is 0. The second kappa shape index (κ2) is 5.63. The quantitative estimate of drug-likeness (QED) is 0.782. The maximum Gasteiger partial charge on any atom is 0.349 e. The third kappa shape index (κ3) is 2.98. The number of hydrogen-bond acceptors (Lipinski definition) is 6. The van der Waals surface area contributed by atoms with Gasteiger partial charge in [-0.05, 0) is 0 Å². The molecular formula is C11H15NO2S3. The summed E-state index contributed by atoms with van der Waals surface area (Å²) in [7, 11) is 1.40. The van der Waals surface area contributed by atoms with Gasteiger partial charge in [0.2, 0.25) is 0 Å². The third-order valence-corrected chi connectivity index (χ3v) is 7.38. The summed E-state index contributed by atoms with van der Waals surface area (Å²) in [5.41, 5.74) is 0. The van der Waals surface area contributed by atoms with Gasteiger partial charge in [-0.25, -0.2) is 9.78 Å². The fourth-order valence-corrected chi connectivity index (χ4v) is 5.58. The first kappa shape index (κ1) is 13.2. The van der Waals surface area contributed by atoms with Crippen LogP contribution < -0.4 is 0 Å². The van der Waals surface area contributed by atoms with Crippen molar-refractivity contribution in [1.82, 2.24) is 4.98 Å². The average Bonchev–Trinajstić information content (AvgIpc) is 2.81. The molecule has 3 atom stereocenters. The van der Waals surface area contributed by atoms with Gasteiger partial charge in [0.25, 0.3) is 0 Å². The van der Waals surface area contributed by atoms with Crippen LogP contribution in [0.5, 0.6) is 0 Å². The van der Waals surface area contributed by atoms with Gasteiger partial charge >= 0.3 is 5.97 Å². The number of esters is 1. The van der Waals surface area contributed by atoms with Gasteiger partial charge < -0.3 is 4.74 Å². The predicted molar refractivity (Wildman–Crippen MR) is 75.2 cm³/mol. The number of carbonyl (C=O) groups excluding carboxylic acids is 1. The zero-order valence-electron chi connectivity index (χ0n) is 10.0. The molecule has 17 heavy (non-hydrogen) atoms. The fourth-order valence-electron chi connectivity index (χ4n) is 1.54. The van der Waals surface area contributed by atoms with Crippen molar-refractivity contribution in [2.45, 2.75) is 29.6 Å². The molecule has 94 valence electrons. The summed E-state index contributed by atoms with van der Waals surface area (Å²) >= 11 is 5.39. The molecule has 1 saturated heterocycles. The molecule has 1 aromatic heterocycles. The van der Waals surface area contributed by atoms with E-state index in [1.807, 2.05) is 23.5 Å². The van der Waals surface area contributed by atoms with Crippen molar-refractivity contribution in [1.29, 1.82) is 0 Å². The predicted octanol–water partition coefficient (Wildman–Crippen LogP) is 3.23. The maximum atomic E-state index is 11.4. The Morgan fingerprint density at radius 2 is 2.24 bits per heavy atom. The van der Waals surface area contributed by atoms with Gasteiger partial charge in [-0.1, -0.05) is 13.8 Å². The van der Waals surface area contributed by atoms with Gasteiger partial charge in [-0.3, -0.25) is 0 Å². The van der Waals surface area contributed by atoms with Crippen LogP contribution in [0.2, 0.25) is 0 Å². The van der Waals surface area contributed by atoms with Crippen molar-refractivity contribution >= 4 is 40.8 Å². The molecule has 2 heterocycles. The number of nitrogens with zero attached hydrogens (tertiary/aromatic N) is 1. The van der Waals surface area contributed by atoms with E-state index in [2.05, 4.69) is 18.8 Å². The van der Waals surface area contributed by atoms with Crippen LogP contribution in [0, 0.1) is 0 Å². The first-order valence-electron chi connectivity index (χ1n) is 5.43. The summed E-state index contributed by atoms with van der Waals surface area (Å²) in [4.78, 5) is 16.3. The lowest BCUT2D eigenvalue weighted by molar-refractivity contribution is 0.0606. The molecule has 0 N–H and O–H groups in total. The lowest BCUT2D eigenvalue weighted by Gasteiger charge is -2.29. The van der Waals surface area contributed by atoms with E-state index in [1.165, 1.54) is 18.4 Å². The highest BCUT2D eigenvalue weighted by molar-refractivity contribution is 8.07. The molecule has 1 aliphatic heterocycles. The number of thiazole rings is 1. The largest absolute Gasteiger partial charge is 0.465 e. The molecule has 3 unspecified atom stereocenters. The summed E-state index contributed by atoms with van der Waals surface area (Å²) in [6.07, 6.45) is 1.62. The second-order valence-electron chi connectivity index (χ2n) is 3.92. The van der Waals surface area contributed by atoms with E-state index in [4.69, 9.17) is 4.74 Å². The molecule has 0 radical (unpaired) electrons. The maximum absolute atomic E-state index is 11.4. The van der Waals surface area contributed by atoms with Crippen LogP contribution in [0.15, 0.2) is 6.20 Å². The van der Waals surface area contributed by atoms with Crippen LogP contribution >= 0.6 is 34.9 Å². The highest BCUT2D eigenvalue weighted by Crippen LogP contribution is 2.45. The van der Waals surface area contributed by atoms with Crippen molar-refractivity contribution in [2.75, 3.05) is 12.9 Å². The van der Waals surface area contributed by atoms with Crippen LogP contribution in [0.25, 0.3) is 0 Å². The Morgan fingerprint density at radius 1 is 1.47 bits per heavy atom. The Labute approximate surface area is 114 Å². The molecule has 6 heteroatoms. The number of methoxy groups -OCH3 is 1. The van der Waals surface area contributed by atoms with Gasteiger partial charge in [0.15, 0.2) is 0 Å². The molecule has 0 bridgehead atoms. The monoisotopic (exact) mass is 289 g/mol. The molecule has 1 fully saturated rings. The van der Waals surface area contributed by atoms with Crippen LogP contribution in [0.4, 0.5) is 0 Å². The van der Waals surface area contributed by atoms with Crippen LogP contribution in [0.1, 0.15) is 33.8 Å². The molecule has 0 spiro atoms. The number of aromatic nitrogens is 1. The van der Waals surface area contributed by atoms with Crippen LogP contribution in [-0.2, 0) is 4.74 Å². The van der Waals surface area contributed by atoms with Crippen LogP contribution in [-0.4, -0.2) is 34.3 Å². The lowest BCUT2D eigenvalue weighted by Crippen LogP contribution is -2.21. The number of ether oxygens (including phenoxy) is 1. The molecule has 0 amide bonds. The molecule has 0 saturated carbocycles. The Hall–Kier alpha value is -0.200. The van der Waals surface area contributed by atoms with E-state index >= 15 is 0 Å². The molecule has 2 rings (SSSR count). The normalized spacial score (nSPS) is 29.0. The molecule has 1 aromatic rings. The van der Waals surface area contributed by atoms with E-state index in [0.29, 0.717) is 20.6 Å². The second-order valence-corrected chi connectivity index (χ2v) is 7.98. The van der Waals surface area contributed by atoms with E-state index < -0.39 is 0 Å². The minimum absolute atomic E-state index is 0.288. The smallest absolute Gasteiger partial charge is 0.349 e. The van der Waals surface area contributed by atoms with Gasteiger partial charge in [0.1, 0.15) is 9.88 Å². The summed E-state index contributed by atoms with van der Waals surface area (Å²) in [6.45, 7) is 4.52. The highest BCUT2D eigenvalue weighted by Gasteiger charge is 2.29. The number of carbonyl (C=O) groups is 1. The number of rotatable bonds is 2. The summed E-state index contributed by atoms with van der Waals surface area (Å²) in [5.74, 6) is 0.785. The standard InChI is InChI=1S/C11H15NO2S3/c1-6-7(2)16-9(5-15-6)10-12-4-8(17-10)11(13)14-3/h4,6-7,9H,5H2,1-3H3. The lowest BCUT2D eigenvalue weighted by atomic mass is 10.4. The van der Waals surface area contributed by atoms with Gasteiger partial charge in [0.05, 0.1) is 18.6 Å². The minimum Gasteiger partial charge on any atom is -0.465 e. The van der Waals surface area contributed by atoms with Crippen LogP contribution in [0.3, 0.4) is 0 Å². The highest BCUT2D eigenvalue weighted by atomic mass is 32.2. The van der Waals surface area contributed by atoms with Gasteiger partial charge in [-0.15, -0.1) is 23.1 Å². The molecule has 0 aromatic carbocycles. The summed E-state index contributed by atoms with van der Waals surface area (Å²) in [5, 5.41) is 2.77. The summed E-state index contributed by atoms with van der Waals surface area (Å²) < 4.78 is 4.69. The van der Waals surface area contributed by atoms with E-state index in [0.717, 1.165) is 10.8 Å². The van der Waals surface area contributed by atoms with Gasteiger partial charge in [0, 0.05) is 16.3 Å². The molecule has 1 aliphatic rings. The topological polar surface area (TPSA) is 39.2 Å². The Bertz CT molecular complexity index is 407. The van der Waals surface area contributed by atoms with Gasteiger partial charge in [-0.2, -0.15) is 11.8 Å². The summed E-state index contributed by atoms with van der Waals surface area (Å²) in [6, 6.07) is 0. The number of thioether (sulfide) groups is 2. The van der Waals surface area contributed by atoms with E-state index in [9.17, 15) is 4.79 Å². The first-order chi connectivity index (χ1) is 8.11. The Morgan fingerprint density at radius 3 is 2.88 bits per heavy atom. The molecule has 0 aliphatic carbocycles. The SMILES string of the molecule is COC(=O)c1cnc(C2CSC(C)C(C)S2)s1. The minimum atomic E-state index is -0.288. The Kier molecular flexibility index (Phi) is 4.38.